The van der Waals surface area contributed by atoms with Crippen molar-refractivity contribution in [3.05, 3.63) is 58.7 Å². The highest BCUT2D eigenvalue weighted by molar-refractivity contribution is 7.89. The molecule has 1 aliphatic rings. The van der Waals surface area contributed by atoms with Crippen molar-refractivity contribution < 1.29 is 27.5 Å². The largest absolute Gasteiger partial charge is 0.493 e. The molecule has 11 nitrogen and oxygen atoms in total. The van der Waals surface area contributed by atoms with Crippen LogP contribution in [0, 0.1) is 17.2 Å². The monoisotopic (exact) mass is 623 g/mol. The van der Waals surface area contributed by atoms with E-state index >= 15 is 0 Å². The van der Waals surface area contributed by atoms with Crippen LogP contribution in [-0.2, 0) is 39.0 Å². The zero-order valence-corrected chi connectivity index (χ0v) is 26.5. The van der Waals surface area contributed by atoms with Gasteiger partial charge >= 0.3 is 0 Å². The first-order chi connectivity index (χ1) is 19.2. The minimum absolute atomic E-state index is 0. The molecule has 2 aromatic rings. The second-order valence-corrected chi connectivity index (χ2v) is 13.0. The molecule has 1 aliphatic carbocycles. The van der Waals surface area contributed by atoms with Gasteiger partial charge in [0.25, 0.3) is 0 Å². The number of hydrogen-bond donors (Lipinski definition) is 5. The van der Waals surface area contributed by atoms with Crippen molar-refractivity contribution in [1.29, 1.82) is 5.41 Å². The minimum atomic E-state index is -3.74. The van der Waals surface area contributed by atoms with E-state index in [1.54, 1.807) is 64.1 Å². The van der Waals surface area contributed by atoms with Crippen LogP contribution >= 0.6 is 12.4 Å². The van der Waals surface area contributed by atoms with Crippen molar-refractivity contribution in [3.63, 3.8) is 0 Å². The summed E-state index contributed by atoms with van der Waals surface area (Å²) in [5.41, 5.74) is 7.12. The molecule has 42 heavy (non-hydrogen) atoms. The number of hydrogen-bond acceptors (Lipinski definition) is 7. The van der Waals surface area contributed by atoms with Gasteiger partial charge in [-0.05, 0) is 40.7 Å². The van der Waals surface area contributed by atoms with E-state index in [1.165, 1.54) is 14.2 Å². The van der Waals surface area contributed by atoms with Gasteiger partial charge in [-0.2, -0.15) is 0 Å². The molecular weight excluding hydrogens is 582 g/mol. The number of fused-ring (bicyclic) bond motifs is 1. The summed E-state index contributed by atoms with van der Waals surface area (Å²) < 4.78 is 38.9. The molecule has 0 spiro atoms. The molecule has 1 atom stereocenters. The Hall–Kier alpha value is -3.35. The lowest BCUT2D eigenvalue weighted by Crippen LogP contribution is -2.63. The van der Waals surface area contributed by atoms with Gasteiger partial charge in [0.05, 0.1) is 20.0 Å². The molecule has 2 amide bonds. The third-order valence-electron chi connectivity index (χ3n) is 7.01. The van der Waals surface area contributed by atoms with Gasteiger partial charge in [-0.1, -0.05) is 52.0 Å². The zero-order chi connectivity index (χ0) is 30.5. The molecule has 0 bridgehead atoms. The molecule has 2 aromatic carbocycles. The second-order valence-electron chi connectivity index (χ2n) is 11.2. The molecule has 0 fully saturated rings. The number of ether oxygens (including phenoxy) is 2. The predicted octanol–water partition coefficient (Wildman–Crippen LogP) is 2.28. The Labute approximate surface area is 254 Å². The fourth-order valence-corrected chi connectivity index (χ4v) is 6.69. The van der Waals surface area contributed by atoms with Crippen molar-refractivity contribution in [2.24, 2.45) is 17.6 Å². The van der Waals surface area contributed by atoms with Crippen LogP contribution in [0.5, 0.6) is 11.5 Å². The predicted molar refractivity (Wildman–Crippen MR) is 165 cm³/mol. The van der Waals surface area contributed by atoms with Crippen LogP contribution in [0.3, 0.4) is 0 Å². The van der Waals surface area contributed by atoms with Crippen LogP contribution in [-0.4, -0.2) is 57.6 Å². The molecule has 0 radical (unpaired) electrons. The lowest BCUT2D eigenvalue weighted by atomic mass is 9.92. The summed E-state index contributed by atoms with van der Waals surface area (Å²) in [6.45, 7) is 7.24. The number of carbonyl (C=O) groups excluding carboxylic acids is 2. The number of nitrogens with one attached hydrogen (secondary N) is 4. The van der Waals surface area contributed by atoms with E-state index in [-0.39, 0.29) is 55.2 Å². The Bertz CT molecular complexity index is 1360. The highest BCUT2D eigenvalue weighted by atomic mass is 35.5. The van der Waals surface area contributed by atoms with Gasteiger partial charge in [-0.3, -0.25) is 15.0 Å². The number of benzene rings is 2. The molecule has 0 unspecified atom stereocenters. The fraction of sp³-hybridized carbons (Fsp3) is 0.483. The van der Waals surface area contributed by atoms with Crippen LogP contribution in [0.4, 0.5) is 0 Å². The first-order valence-corrected chi connectivity index (χ1v) is 15.1. The Balaban J connectivity index is 0.00000616. The van der Waals surface area contributed by atoms with Crippen molar-refractivity contribution in [2.45, 2.75) is 58.7 Å². The average molecular weight is 624 g/mol. The Morgan fingerprint density at radius 1 is 1.00 bits per heavy atom. The molecule has 0 aromatic heterocycles. The third-order valence-corrected chi connectivity index (χ3v) is 8.73. The van der Waals surface area contributed by atoms with Gasteiger partial charge in [0.15, 0.2) is 11.5 Å². The maximum absolute atomic E-state index is 13.9. The Morgan fingerprint density at radius 2 is 1.52 bits per heavy atom. The lowest BCUT2D eigenvalue weighted by Gasteiger charge is -2.32. The third kappa shape index (κ3) is 8.36. The minimum Gasteiger partial charge on any atom is -0.493 e. The van der Waals surface area contributed by atoms with Crippen LogP contribution in [0.1, 0.15) is 49.9 Å². The van der Waals surface area contributed by atoms with E-state index in [0.29, 0.717) is 17.1 Å². The van der Waals surface area contributed by atoms with Gasteiger partial charge in [0.1, 0.15) is 17.4 Å². The maximum Gasteiger partial charge on any atom is 0.246 e. The molecule has 0 aliphatic heterocycles. The average Bonchev–Trinajstić information content (AvgIpc) is 3.26. The number of sulfonamides is 1. The normalized spacial score (nSPS) is 14.5. The summed E-state index contributed by atoms with van der Waals surface area (Å²) in [6, 6.07) is 9.43. The number of amides is 2. The van der Waals surface area contributed by atoms with Gasteiger partial charge in [-0.25, -0.2) is 13.1 Å². The summed E-state index contributed by atoms with van der Waals surface area (Å²) in [5, 5.41) is 13.4. The molecule has 6 N–H and O–H groups in total. The van der Waals surface area contributed by atoms with Gasteiger partial charge in [0, 0.05) is 24.9 Å². The quantitative estimate of drug-likeness (QED) is 0.168. The standard InChI is InChI=1S/C29H41N5O6S.ClH/c1-17(2)16-41(37,38)34-25(18(3)4)27(35)33-29(13-21-11-23(39-5)24(40-6)12-22(21)14-29)28(36)32-15-19-7-9-20(10-8-19)26(30)31;/h7-12,17-18,25,34H,13-16H2,1-6H3,(H3,30,31)(H,32,36)(H,33,35);1H/t25-;/m1./s1. The van der Waals surface area contributed by atoms with Crippen molar-refractivity contribution >= 4 is 40.1 Å². The first kappa shape index (κ1) is 34.8. The Kier molecular flexibility index (Phi) is 11.8. The van der Waals surface area contributed by atoms with E-state index in [2.05, 4.69) is 15.4 Å². The fourth-order valence-electron chi connectivity index (χ4n) is 4.95. The van der Waals surface area contributed by atoms with Gasteiger partial charge in [0.2, 0.25) is 21.8 Å². The lowest BCUT2D eigenvalue weighted by molar-refractivity contribution is -0.134. The van der Waals surface area contributed by atoms with E-state index in [0.717, 1.165) is 16.7 Å². The van der Waals surface area contributed by atoms with Gasteiger partial charge < -0.3 is 25.8 Å². The van der Waals surface area contributed by atoms with E-state index < -0.39 is 33.4 Å². The van der Waals surface area contributed by atoms with Crippen molar-refractivity contribution in [3.8, 4) is 11.5 Å². The molecule has 0 saturated heterocycles. The molecule has 0 saturated carbocycles. The summed E-state index contributed by atoms with van der Waals surface area (Å²) in [6.07, 6.45) is 0.347. The molecule has 13 heteroatoms. The maximum atomic E-state index is 13.9. The molecule has 0 heterocycles. The SMILES string of the molecule is COc1cc2c(cc1OC)CC(NC(=O)[C@H](NS(=O)(=O)CC(C)C)C(C)C)(C(=O)NCc1ccc(C(=N)N)cc1)C2.Cl. The number of methoxy groups -OCH3 is 2. The highest BCUT2D eigenvalue weighted by Gasteiger charge is 2.47. The van der Waals surface area contributed by atoms with Crippen molar-refractivity contribution in [2.75, 3.05) is 20.0 Å². The van der Waals surface area contributed by atoms with Crippen LogP contribution in [0.15, 0.2) is 36.4 Å². The number of nitrogens with two attached hydrogens (primary N) is 1. The number of amidine groups is 1. The molecular formula is C29H42ClN5O6S. The van der Waals surface area contributed by atoms with E-state index in [4.69, 9.17) is 20.6 Å². The van der Waals surface area contributed by atoms with Crippen LogP contribution in [0.2, 0.25) is 0 Å². The van der Waals surface area contributed by atoms with Crippen molar-refractivity contribution in [1.82, 2.24) is 15.4 Å². The second kappa shape index (κ2) is 14.2. The summed E-state index contributed by atoms with van der Waals surface area (Å²) in [4.78, 5) is 27.6. The Morgan fingerprint density at radius 3 is 1.95 bits per heavy atom. The summed E-state index contributed by atoms with van der Waals surface area (Å²) >= 11 is 0. The topological polar surface area (TPSA) is 173 Å². The molecule has 232 valence electrons. The zero-order valence-electron chi connectivity index (χ0n) is 24.9. The number of nitrogen functional groups attached to an aromatic ring is 1. The summed E-state index contributed by atoms with van der Waals surface area (Å²) in [5.74, 6) is -0.673. The van der Waals surface area contributed by atoms with E-state index in [9.17, 15) is 18.0 Å². The summed E-state index contributed by atoms with van der Waals surface area (Å²) in [7, 11) is -0.695. The number of carbonyl (C=O) groups is 2. The van der Waals surface area contributed by atoms with E-state index in [1.807, 2.05) is 0 Å². The van der Waals surface area contributed by atoms with Gasteiger partial charge in [-0.15, -0.1) is 12.4 Å². The molecule has 3 rings (SSSR count). The number of rotatable bonds is 13. The van der Waals surface area contributed by atoms with Crippen LogP contribution < -0.4 is 30.6 Å². The number of halogens is 1. The van der Waals surface area contributed by atoms with Crippen LogP contribution in [0.25, 0.3) is 0 Å². The first-order valence-electron chi connectivity index (χ1n) is 13.5. The smallest absolute Gasteiger partial charge is 0.246 e. The highest BCUT2D eigenvalue weighted by Crippen LogP contribution is 2.38.